The van der Waals surface area contributed by atoms with E-state index in [9.17, 15) is 4.79 Å². The summed E-state index contributed by atoms with van der Waals surface area (Å²) < 4.78 is 5.60. The first kappa shape index (κ1) is 13.6. The first-order valence-corrected chi connectivity index (χ1v) is 6.95. The molecule has 3 rings (SSSR count). The van der Waals surface area contributed by atoms with Crippen LogP contribution in [-0.2, 0) is 0 Å². The van der Waals surface area contributed by atoms with Gasteiger partial charge in [0.2, 0.25) is 5.71 Å². The molecule has 21 heavy (non-hydrogen) atoms. The van der Waals surface area contributed by atoms with Gasteiger partial charge >= 0.3 is 0 Å². The second kappa shape index (κ2) is 4.87. The molecule has 0 spiro atoms. The standard InChI is InChI=1S/C15H18N4O2/c1-4-7-16-13(20)10-9(2)21-14-11(10)12(17-8-18-14)19-15(3)5-6-15/h4,8H,1,5-7H2,2-3H3,(H,16,20)(H,17,18,19). The zero-order valence-corrected chi connectivity index (χ0v) is 12.2. The minimum atomic E-state index is -0.204. The lowest BCUT2D eigenvalue weighted by Crippen LogP contribution is -2.24. The number of nitrogens with zero attached hydrogens (tertiary/aromatic N) is 2. The van der Waals surface area contributed by atoms with E-state index in [1.54, 1.807) is 13.0 Å². The van der Waals surface area contributed by atoms with Crippen molar-refractivity contribution in [3.05, 3.63) is 30.3 Å². The Kier molecular flexibility index (Phi) is 3.16. The summed E-state index contributed by atoms with van der Waals surface area (Å²) in [6.45, 7) is 7.89. The molecule has 0 aromatic carbocycles. The molecule has 1 amide bonds. The molecule has 2 aromatic heterocycles. The van der Waals surface area contributed by atoms with E-state index in [0.717, 1.165) is 12.8 Å². The number of hydrogen-bond donors (Lipinski definition) is 2. The molecule has 6 nitrogen and oxygen atoms in total. The van der Waals surface area contributed by atoms with E-state index in [1.165, 1.54) is 6.33 Å². The third-order valence-electron chi connectivity index (χ3n) is 3.72. The zero-order chi connectivity index (χ0) is 15.0. The van der Waals surface area contributed by atoms with Gasteiger partial charge < -0.3 is 15.1 Å². The Balaban J connectivity index is 2.07. The maximum absolute atomic E-state index is 12.3. The number of rotatable bonds is 5. The van der Waals surface area contributed by atoms with Gasteiger partial charge in [0.15, 0.2) is 0 Å². The molecule has 2 aromatic rings. The minimum absolute atomic E-state index is 0.0569. The van der Waals surface area contributed by atoms with Crippen LogP contribution in [0, 0.1) is 6.92 Å². The minimum Gasteiger partial charge on any atom is -0.442 e. The Labute approximate surface area is 122 Å². The van der Waals surface area contributed by atoms with Crippen molar-refractivity contribution in [1.29, 1.82) is 0 Å². The van der Waals surface area contributed by atoms with E-state index in [4.69, 9.17) is 4.42 Å². The highest BCUT2D eigenvalue weighted by Gasteiger charge is 2.38. The number of aromatic nitrogens is 2. The number of amides is 1. The van der Waals surface area contributed by atoms with Crippen molar-refractivity contribution in [1.82, 2.24) is 15.3 Å². The van der Waals surface area contributed by atoms with Crippen molar-refractivity contribution in [2.75, 3.05) is 11.9 Å². The molecule has 0 saturated heterocycles. The lowest BCUT2D eigenvalue weighted by atomic mass is 10.1. The second-order valence-corrected chi connectivity index (χ2v) is 5.62. The van der Waals surface area contributed by atoms with E-state index in [2.05, 4.69) is 34.1 Å². The lowest BCUT2D eigenvalue weighted by molar-refractivity contribution is 0.0958. The lowest BCUT2D eigenvalue weighted by Gasteiger charge is -2.13. The first-order valence-electron chi connectivity index (χ1n) is 6.95. The molecule has 1 saturated carbocycles. The van der Waals surface area contributed by atoms with Gasteiger partial charge in [-0.25, -0.2) is 9.97 Å². The predicted molar refractivity (Wildman–Crippen MR) is 80.3 cm³/mol. The van der Waals surface area contributed by atoms with Gasteiger partial charge in [0.25, 0.3) is 5.91 Å². The topological polar surface area (TPSA) is 80.1 Å². The molecule has 0 bridgehead atoms. The van der Waals surface area contributed by atoms with Crippen LogP contribution in [0.3, 0.4) is 0 Å². The average Bonchev–Trinajstić information content (AvgIpc) is 3.06. The maximum Gasteiger partial charge on any atom is 0.255 e. The number of anilines is 1. The van der Waals surface area contributed by atoms with Gasteiger partial charge in [0, 0.05) is 12.1 Å². The van der Waals surface area contributed by atoms with Crippen LogP contribution in [0.25, 0.3) is 11.1 Å². The fourth-order valence-corrected chi connectivity index (χ4v) is 2.26. The number of hydrogen-bond acceptors (Lipinski definition) is 5. The molecule has 0 aliphatic heterocycles. The number of aryl methyl sites for hydroxylation is 1. The molecule has 2 heterocycles. The van der Waals surface area contributed by atoms with Gasteiger partial charge in [-0.2, -0.15) is 0 Å². The highest BCUT2D eigenvalue weighted by atomic mass is 16.3. The van der Waals surface area contributed by atoms with Crippen LogP contribution in [0.5, 0.6) is 0 Å². The highest BCUT2D eigenvalue weighted by molar-refractivity contribution is 6.10. The summed E-state index contributed by atoms with van der Waals surface area (Å²) in [6, 6.07) is 0. The molecule has 110 valence electrons. The fraction of sp³-hybridized carbons (Fsp3) is 0.400. The van der Waals surface area contributed by atoms with Crippen LogP contribution in [0.15, 0.2) is 23.4 Å². The summed E-state index contributed by atoms with van der Waals surface area (Å²) in [4.78, 5) is 20.7. The molecule has 0 radical (unpaired) electrons. The van der Waals surface area contributed by atoms with Gasteiger partial charge in [-0.1, -0.05) is 6.08 Å². The highest BCUT2D eigenvalue weighted by Crippen LogP contribution is 2.40. The Hall–Kier alpha value is -2.37. The summed E-state index contributed by atoms with van der Waals surface area (Å²) in [5, 5.41) is 6.80. The number of nitrogens with one attached hydrogen (secondary N) is 2. The summed E-state index contributed by atoms with van der Waals surface area (Å²) in [7, 11) is 0. The van der Waals surface area contributed by atoms with Crippen LogP contribution in [0.4, 0.5) is 5.82 Å². The van der Waals surface area contributed by atoms with Gasteiger partial charge in [-0.05, 0) is 26.7 Å². The van der Waals surface area contributed by atoms with Crippen molar-refractivity contribution < 1.29 is 9.21 Å². The first-order chi connectivity index (χ1) is 10.0. The van der Waals surface area contributed by atoms with Crippen LogP contribution < -0.4 is 10.6 Å². The van der Waals surface area contributed by atoms with Crippen molar-refractivity contribution in [2.45, 2.75) is 32.2 Å². The third-order valence-corrected chi connectivity index (χ3v) is 3.72. The predicted octanol–water partition coefficient (Wildman–Crippen LogP) is 2.41. The van der Waals surface area contributed by atoms with Crippen molar-refractivity contribution in [2.24, 2.45) is 0 Å². The molecule has 1 aliphatic carbocycles. The normalized spacial score (nSPS) is 15.7. The number of carbonyl (C=O) groups excluding carboxylic acids is 1. The van der Waals surface area contributed by atoms with Gasteiger partial charge in [0.05, 0.1) is 10.9 Å². The number of furan rings is 1. The van der Waals surface area contributed by atoms with Crippen molar-refractivity contribution >= 4 is 22.8 Å². The van der Waals surface area contributed by atoms with E-state index in [0.29, 0.717) is 34.8 Å². The van der Waals surface area contributed by atoms with Crippen LogP contribution >= 0.6 is 0 Å². The smallest absolute Gasteiger partial charge is 0.255 e. The van der Waals surface area contributed by atoms with Crippen LogP contribution in [0.2, 0.25) is 0 Å². The Morgan fingerprint density at radius 3 is 2.95 bits per heavy atom. The van der Waals surface area contributed by atoms with E-state index in [-0.39, 0.29) is 11.4 Å². The van der Waals surface area contributed by atoms with Crippen molar-refractivity contribution in [3.63, 3.8) is 0 Å². The van der Waals surface area contributed by atoms with E-state index in [1.807, 2.05) is 0 Å². The largest absolute Gasteiger partial charge is 0.442 e. The van der Waals surface area contributed by atoms with E-state index < -0.39 is 0 Å². The molecular formula is C15H18N4O2. The SMILES string of the molecule is C=CCNC(=O)c1c(C)oc2ncnc(NC3(C)CC3)c12. The quantitative estimate of drug-likeness (QED) is 0.825. The third kappa shape index (κ3) is 2.49. The monoisotopic (exact) mass is 286 g/mol. The zero-order valence-electron chi connectivity index (χ0n) is 12.2. The molecule has 2 N–H and O–H groups in total. The summed E-state index contributed by atoms with van der Waals surface area (Å²) in [5.74, 6) is 0.988. The summed E-state index contributed by atoms with van der Waals surface area (Å²) in [6.07, 6.45) is 5.27. The molecular weight excluding hydrogens is 268 g/mol. The average molecular weight is 286 g/mol. The second-order valence-electron chi connectivity index (χ2n) is 5.62. The van der Waals surface area contributed by atoms with Gasteiger partial charge in [-0.3, -0.25) is 4.79 Å². The van der Waals surface area contributed by atoms with Crippen molar-refractivity contribution in [3.8, 4) is 0 Å². The summed E-state index contributed by atoms with van der Waals surface area (Å²) in [5.41, 5.74) is 0.971. The van der Waals surface area contributed by atoms with Crippen LogP contribution in [-0.4, -0.2) is 28.0 Å². The van der Waals surface area contributed by atoms with Crippen LogP contribution in [0.1, 0.15) is 35.9 Å². The summed E-state index contributed by atoms with van der Waals surface area (Å²) >= 11 is 0. The van der Waals surface area contributed by atoms with E-state index >= 15 is 0 Å². The fourth-order valence-electron chi connectivity index (χ4n) is 2.26. The molecule has 6 heteroatoms. The Morgan fingerprint density at radius 1 is 1.52 bits per heavy atom. The van der Waals surface area contributed by atoms with Gasteiger partial charge in [-0.15, -0.1) is 6.58 Å². The molecule has 1 aliphatic rings. The molecule has 0 atom stereocenters. The Morgan fingerprint density at radius 2 is 2.29 bits per heavy atom. The number of carbonyl (C=O) groups is 1. The van der Waals surface area contributed by atoms with Gasteiger partial charge in [0.1, 0.15) is 17.9 Å². The molecule has 0 unspecified atom stereocenters. The maximum atomic E-state index is 12.3. The number of fused-ring (bicyclic) bond motifs is 1. The Bertz CT molecular complexity index is 716. The molecule has 1 fully saturated rings.